The first-order valence-corrected chi connectivity index (χ1v) is 6.88. The number of sulfonamides is 1. The summed E-state index contributed by atoms with van der Waals surface area (Å²) < 4.78 is 35.6. The molecule has 1 rings (SSSR count). The highest BCUT2D eigenvalue weighted by Gasteiger charge is 2.21. The van der Waals surface area contributed by atoms with Crippen molar-refractivity contribution >= 4 is 27.5 Å². The summed E-state index contributed by atoms with van der Waals surface area (Å²) in [5.74, 6) is -1.69. The van der Waals surface area contributed by atoms with Crippen LogP contribution in [-0.4, -0.2) is 20.4 Å². The largest absolute Gasteiger partial charge is 0.350 e. The minimum Gasteiger partial charge on any atom is -0.350 e. The first kappa shape index (κ1) is 14.9. The van der Waals surface area contributed by atoms with Crippen molar-refractivity contribution in [2.75, 3.05) is 0 Å². The fourth-order valence-corrected chi connectivity index (χ4v) is 2.11. The summed E-state index contributed by atoms with van der Waals surface area (Å²) in [5, 5.41) is 7.17. The lowest BCUT2D eigenvalue weighted by Gasteiger charge is -2.11. The fourth-order valence-electron chi connectivity index (χ4n) is 1.26. The molecule has 0 radical (unpaired) electrons. The van der Waals surface area contributed by atoms with Crippen molar-refractivity contribution in [3.05, 3.63) is 28.5 Å². The summed E-state index contributed by atoms with van der Waals surface area (Å²) in [6.07, 6.45) is 0. The Labute approximate surface area is 109 Å². The predicted octanol–water partition coefficient (Wildman–Crippen LogP) is 1.26. The van der Waals surface area contributed by atoms with Crippen LogP contribution >= 0.6 is 11.6 Å². The molecular weight excluding hydrogens is 283 g/mol. The van der Waals surface area contributed by atoms with Crippen molar-refractivity contribution < 1.29 is 17.6 Å². The van der Waals surface area contributed by atoms with Gasteiger partial charge < -0.3 is 5.32 Å². The van der Waals surface area contributed by atoms with Crippen molar-refractivity contribution in [3.63, 3.8) is 0 Å². The van der Waals surface area contributed by atoms with Crippen LogP contribution in [0.15, 0.2) is 17.0 Å². The van der Waals surface area contributed by atoms with Gasteiger partial charge >= 0.3 is 0 Å². The van der Waals surface area contributed by atoms with Crippen LogP contribution in [0.3, 0.4) is 0 Å². The highest BCUT2D eigenvalue weighted by molar-refractivity contribution is 7.89. The van der Waals surface area contributed by atoms with Crippen molar-refractivity contribution in [2.24, 2.45) is 5.14 Å². The number of benzene rings is 1. The molecule has 0 aliphatic heterocycles. The highest BCUT2D eigenvalue weighted by Crippen LogP contribution is 2.23. The second kappa shape index (κ2) is 5.21. The third-order valence-corrected chi connectivity index (χ3v) is 3.23. The lowest BCUT2D eigenvalue weighted by Crippen LogP contribution is -2.30. The number of nitrogens with two attached hydrogens (primary N) is 1. The van der Waals surface area contributed by atoms with E-state index in [0.717, 1.165) is 12.1 Å². The smallest absolute Gasteiger partial charge is 0.253 e. The van der Waals surface area contributed by atoms with Gasteiger partial charge in [-0.3, -0.25) is 4.79 Å². The Hall–Kier alpha value is -1.18. The predicted molar refractivity (Wildman–Crippen MR) is 65.4 cm³/mol. The van der Waals surface area contributed by atoms with Gasteiger partial charge in [-0.05, 0) is 26.0 Å². The molecule has 18 heavy (non-hydrogen) atoms. The number of rotatable bonds is 3. The quantitative estimate of drug-likeness (QED) is 0.879. The average molecular weight is 295 g/mol. The Morgan fingerprint density at radius 3 is 2.44 bits per heavy atom. The average Bonchev–Trinajstić information content (AvgIpc) is 2.13. The summed E-state index contributed by atoms with van der Waals surface area (Å²) in [6.45, 7) is 3.44. The van der Waals surface area contributed by atoms with Crippen molar-refractivity contribution in [1.29, 1.82) is 0 Å². The van der Waals surface area contributed by atoms with Gasteiger partial charge in [-0.15, -0.1) is 0 Å². The van der Waals surface area contributed by atoms with Crippen LogP contribution in [0.4, 0.5) is 4.39 Å². The third-order valence-electron chi connectivity index (χ3n) is 1.99. The fraction of sp³-hybridized carbons (Fsp3) is 0.300. The lowest BCUT2D eigenvalue weighted by molar-refractivity contribution is 0.0943. The Balaban J connectivity index is 3.34. The zero-order chi connectivity index (χ0) is 14.1. The van der Waals surface area contributed by atoms with E-state index in [1.807, 2.05) is 0 Å². The SMILES string of the molecule is CC(C)NC(=O)c1cc(S(N)(=O)=O)c(F)cc1Cl. The van der Waals surface area contributed by atoms with Gasteiger partial charge in [0.2, 0.25) is 10.0 Å². The topological polar surface area (TPSA) is 89.3 Å². The van der Waals surface area contributed by atoms with Gasteiger partial charge in [0.25, 0.3) is 5.91 Å². The summed E-state index contributed by atoms with van der Waals surface area (Å²) in [4.78, 5) is 10.9. The van der Waals surface area contributed by atoms with Gasteiger partial charge in [-0.1, -0.05) is 11.6 Å². The second-order valence-electron chi connectivity index (χ2n) is 3.94. The summed E-state index contributed by atoms with van der Waals surface area (Å²) in [7, 11) is -4.25. The van der Waals surface area contributed by atoms with Crippen LogP contribution in [0.25, 0.3) is 0 Å². The Bertz CT molecular complexity index is 587. The zero-order valence-corrected chi connectivity index (χ0v) is 11.3. The van der Waals surface area contributed by atoms with Crippen molar-refractivity contribution in [2.45, 2.75) is 24.8 Å². The maximum atomic E-state index is 13.4. The van der Waals surface area contributed by atoms with E-state index < -0.39 is 26.6 Å². The minimum absolute atomic E-state index is 0.143. The molecule has 1 aromatic carbocycles. The van der Waals surface area contributed by atoms with Crippen LogP contribution in [0.2, 0.25) is 5.02 Å². The number of hydrogen-bond acceptors (Lipinski definition) is 3. The lowest BCUT2D eigenvalue weighted by atomic mass is 10.2. The first-order valence-electron chi connectivity index (χ1n) is 4.95. The van der Waals surface area contributed by atoms with Gasteiger partial charge in [0, 0.05) is 6.04 Å². The maximum absolute atomic E-state index is 13.4. The number of nitrogens with one attached hydrogen (secondary N) is 1. The molecule has 0 heterocycles. The van der Waals surface area contributed by atoms with E-state index in [0.29, 0.717) is 0 Å². The molecule has 8 heteroatoms. The van der Waals surface area contributed by atoms with E-state index in [1.165, 1.54) is 0 Å². The molecule has 1 amide bonds. The molecule has 0 saturated carbocycles. The molecule has 0 fully saturated rings. The number of halogens is 2. The third kappa shape index (κ3) is 3.41. The molecule has 100 valence electrons. The normalized spacial score (nSPS) is 11.7. The molecule has 0 bridgehead atoms. The van der Waals surface area contributed by atoms with Crippen molar-refractivity contribution in [3.8, 4) is 0 Å². The molecule has 0 spiro atoms. The molecule has 1 aromatic rings. The summed E-state index contributed by atoms with van der Waals surface area (Å²) in [6, 6.07) is 1.40. The number of carbonyl (C=O) groups excluding carboxylic acids is 1. The van der Waals surface area contributed by atoms with Crippen LogP contribution in [0.1, 0.15) is 24.2 Å². The van der Waals surface area contributed by atoms with E-state index in [2.05, 4.69) is 5.32 Å². The molecule has 0 atom stereocenters. The van der Waals surface area contributed by atoms with Gasteiger partial charge in [0.1, 0.15) is 10.7 Å². The summed E-state index contributed by atoms with van der Waals surface area (Å²) in [5.41, 5.74) is -0.143. The zero-order valence-electron chi connectivity index (χ0n) is 9.70. The Morgan fingerprint density at radius 1 is 1.44 bits per heavy atom. The second-order valence-corrected chi connectivity index (χ2v) is 5.87. The first-order chi connectivity index (χ1) is 8.12. The van der Waals surface area contributed by atoms with Crippen LogP contribution in [-0.2, 0) is 10.0 Å². The number of carbonyl (C=O) groups is 1. The van der Waals surface area contributed by atoms with Crippen LogP contribution < -0.4 is 10.5 Å². The number of hydrogen-bond donors (Lipinski definition) is 2. The molecule has 0 unspecified atom stereocenters. The number of amides is 1. The number of primary sulfonamides is 1. The van der Waals surface area contributed by atoms with Gasteiger partial charge in [-0.25, -0.2) is 17.9 Å². The molecular formula is C10H12ClFN2O3S. The molecule has 0 saturated heterocycles. The highest BCUT2D eigenvalue weighted by atomic mass is 35.5. The molecule has 0 aliphatic carbocycles. The van der Waals surface area contributed by atoms with E-state index in [4.69, 9.17) is 16.7 Å². The van der Waals surface area contributed by atoms with Gasteiger partial charge in [-0.2, -0.15) is 0 Å². The van der Waals surface area contributed by atoms with Gasteiger partial charge in [0.05, 0.1) is 10.6 Å². The Kier molecular flexibility index (Phi) is 4.31. The van der Waals surface area contributed by atoms with E-state index in [-0.39, 0.29) is 16.6 Å². The monoisotopic (exact) mass is 294 g/mol. The van der Waals surface area contributed by atoms with E-state index in [9.17, 15) is 17.6 Å². The van der Waals surface area contributed by atoms with Gasteiger partial charge in [0.15, 0.2) is 0 Å². The molecule has 0 aromatic heterocycles. The minimum atomic E-state index is -4.25. The van der Waals surface area contributed by atoms with E-state index in [1.54, 1.807) is 13.8 Å². The van der Waals surface area contributed by atoms with Crippen LogP contribution in [0.5, 0.6) is 0 Å². The Morgan fingerprint density at radius 2 is 2.00 bits per heavy atom. The molecule has 0 aliphatic rings. The van der Waals surface area contributed by atoms with E-state index >= 15 is 0 Å². The van der Waals surface area contributed by atoms with Crippen LogP contribution in [0, 0.1) is 5.82 Å². The molecule has 3 N–H and O–H groups in total. The summed E-state index contributed by atoms with van der Waals surface area (Å²) >= 11 is 5.69. The van der Waals surface area contributed by atoms with Crippen molar-refractivity contribution in [1.82, 2.24) is 5.32 Å². The maximum Gasteiger partial charge on any atom is 0.253 e. The molecule has 5 nitrogen and oxygen atoms in total. The standard InChI is InChI=1S/C10H12ClFN2O3S/c1-5(2)14-10(15)6-3-9(18(13,16)17)8(12)4-7(6)11/h3-5H,1-2H3,(H,14,15)(H2,13,16,17).